The van der Waals surface area contributed by atoms with Crippen LogP contribution in [0.5, 0.6) is 0 Å². The van der Waals surface area contributed by atoms with E-state index < -0.39 is 0 Å². The van der Waals surface area contributed by atoms with E-state index in [1.807, 2.05) is 27.7 Å². The van der Waals surface area contributed by atoms with E-state index >= 15 is 0 Å². The number of nitrogens with zero attached hydrogens (tertiary/aromatic N) is 2. The quantitative estimate of drug-likeness (QED) is 0.717. The number of carbonyl (C=O) groups is 1. The predicted octanol–water partition coefficient (Wildman–Crippen LogP) is 0.968. The van der Waals surface area contributed by atoms with E-state index in [1.165, 1.54) is 0 Å². The third-order valence-electron chi connectivity index (χ3n) is 2.36. The number of amides is 1. The van der Waals surface area contributed by atoms with Crippen molar-refractivity contribution in [2.24, 2.45) is 16.8 Å². The Morgan fingerprint density at radius 2 is 2.07 bits per heavy atom. The molecular weight excluding hydrogens is 178 g/mol. The molecule has 1 aliphatic heterocycles. The van der Waals surface area contributed by atoms with Crippen molar-refractivity contribution in [2.45, 2.75) is 39.7 Å². The third kappa shape index (κ3) is 1.95. The van der Waals surface area contributed by atoms with E-state index in [-0.39, 0.29) is 17.4 Å². The lowest BCUT2D eigenvalue weighted by Crippen LogP contribution is -2.41. The molecular formula is C10H19N3O. The van der Waals surface area contributed by atoms with Crippen LogP contribution >= 0.6 is 0 Å². The minimum Gasteiger partial charge on any atom is -0.330 e. The van der Waals surface area contributed by atoms with Crippen molar-refractivity contribution in [2.75, 3.05) is 6.54 Å². The fourth-order valence-corrected chi connectivity index (χ4v) is 1.58. The highest BCUT2D eigenvalue weighted by Gasteiger charge is 2.38. The second-order valence-electron chi connectivity index (χ2n) is 4.69. The third-order valence-corrected chi connectivity index (χ3v) is 2.36. The Bertz CT molecular complexity index is 265. The zero-order valence-corrected chi connectivity index (χ0v) is 9.37. The molecule has 1 unspecified atom stereocenters. The van der Waals surface area contributed by atoms with E-state index in [0.29, 0.717) is 13.0 Å². The highest BCUT2D eigenvalue weighted by atomic mass is 16.2. The van der Waals surface area contributed by atoms with Gasteiger partial charge in [-0.1, -0.05) is 0 Å². The molecule has 1 heterocycles. The first-order valence-electron chi connectivity index (χ1n) is 4.97. The molecule has 0 saturated heterocycles. The minimum absolute atomic E-state index is 0.0838. The Balaban J connectivity index is 2.84. The van der Waals surface area contributed by atoms with Crippen molar-refractivity contribution in [1.29, 1.82) is 0 Å². The van der Waals surface area contributed by atoms with Crippen LogP contribution in [0.25, 0.3) is 0 Å². The fourth-order valence-electron chi connectivity index (χ4n) is 1.58. The highest BCUT2D eigenvalue weighted by Crippen LogP contribution is 2.25. The van der Waals surface area contributed by atoms with Crippen molar-refractivity contribution in [1.82, 2.24) is 5.01 Å². The maximum absolute atomic E-state index is 11.9. The van der Waals surface area contributed by atoms with Crippen LogP contribution < -0.4 is 5.73 Å². The van der Waals surface area contributed by atoms with Gasteiger partial charge in [-0.25, -0.2) is 5.01 Å². The van der Waals surface area contributed by atoms with Crippen molar-refractivity contribution in [3.8, 4) is 0 Å². The summed E-state index contributed by atoms with van der Waals surface area (Å²) in [6.45, 7) is 8.36. The summed E-state index contributed by atoms with van der Waals surface area (Å²) in [5.41, 5.74) is 6.11. The molecule has 0 saturated carbocycles. The lowest BCUT2D eigenvalue weighted by molar-refractivity contribution is -0.136. The molecule has 0 spiro atoms. The monoisotopic (exact) mass is 197 g/mol. The van der Waals surface area contributed by atoms with Gasteiger partial charge in [-0.3, -0.25) is 4.79 Å². The van der Waals surface area contributed by atoms with Gasteiger partial charge in [0, 0.05) is 5.71 Å². The minimum atomic E-state index is -0.234. The molecule has 0 aliphatic carbocycles. The SMILES string of the molecule is CC1=NN(C(C)(C)C)C(=O)C1CCN. The van der Waals surface area contributed by atoms with Gasteiger partial charge < -0.3 is 5.73 Å². The van der Waals surface area contributed by atoms with Crippen LogP contribution in [0.2, 0.25) is 0 Å². The summed E-state index contributed by atoms with van der Waals surface area (Å²) in [5.74, 6) is -0.0142. The number of hydrazone groups is 1. The van der Waals surface area contributed by atoms with E-state index in [1.54, 1.807) is 5.01 Å². The molecule has 14 heavy (non-hydrogen) atoms. The van der Waals surface area contributed by atoms with Gasteiger partial charge in [-0.15, -0.1) is 0 Å². The largest absolute Gasteiger partial charge is 0.330 e. The van der Waals surface area contributed by atoms with Crippen molar-refractivity contribution >= 4 is 11.6 Å². The summed E-state index contributed by atoms with van der Waals surface area (Å²) in [6, 6.07) is 0. The topological polar surface area (TPSA) is 58.7 Å². The first-order valence-corrected chi connectivity index (χ1v) is 4.97. The number of carbonyl (C=O) groups excluding carboxylic acids is 1. The first-order chi connectivity index (χ1) is 6.38. The molecule has 1 atom stereocenters. The molecule has 0 aromatic rings. The maximum Gasteiger partial charge on any atom is 0.252 e. The Morgan fingerprint density at radius 3 is 2.43 bits per heavy atom. The van der Waals surface area contributed by atoms with Crippen LogP contribution in [0.3, 0.4) is 0 Å². The molecule has 1 rings (SSSR count). The predicted molar refractivity (Wildman–Crippen MR) is 56.9 cm³/mol. The van der Waals surface area contributed by atoms with Crippen molar-refractivity contribution in [3.05, 3.63) is 0 Å². The lowest BCUT2D eigenvalue weighted by Gasteiger charge is -2.28. The fraction of sp³-hybridized carbons (Fsp3) is 0.800. The molecule has 2 N–H and O–H groups in total. The van der Waals surface area contributed by atoms with E-state index in [4.69, 9.17) is 5.73 Å². The van der Waals surface area contributed by atoms with Crippen molar-refractivity contribution in [3.63, 3.8) is 0 Å². The lowest BCUT2D eigenvalue weighted by atomic mass is 9.99. The van der Waals surface area contributed by atoms with Gasteiger partial charge in [0.25, 0.3) is 5.91 Å². The summed E-state index contributed by atoms with van der Waals surface area (Å²) in [6.07, 6.45) is 0.695. The molecule has 0 bridgehead atoms. The second kappa shape index (κ2) is 3.69. The highest BCUT2D eigenvalue weighted by molar-refractivity contribution is 6.07. The number of hydrogen-bond donors (Lipinski definition) is 1. The first kappa shape index (κ1) is 11.2. The molecule has 0 radical (unpaired) electrons. The number of rotatable bonds is 2. The van der Waals surface area contributed by atoms with Crippen LogP contribution in [0.1, 0.15) is 34.1 Å². The average molecular weight is 197 g/mol. The van der Waals surface area contributed by atoms with Gasteiger partial charge in [0.15, 0.2) is 0 Å². The van der Waals surface area contributed by atoms with Crippen LogP contribution in [-0.2, 0) is 4.79 Å². The second-order valence-corrected chi connectivity index (χ2v) is 4.69. The summed E-state index contributed by atoms with van der Waals surface area (Å²) in [5, 5.41) is 5.86. The van der Waals surface area contributed by atoms with Crippen LogP contribution in [0, 0.1) is 5.92 Å². The van der Waals surface area contributed by atoms with E-state index in [9.17, 15) is 4.79 Å². The standard InChI is InChI=1S/C10H19N3O/c1-7-8(5-6-11)9(14)13(12-7)10(2,3)4/h8H,5-6,11H2,1-4H3. The van der Waals surface area contributed by atoms with Gasteiger partial charge in [-0.05, 0) is 40.7 Å². The van der Waals surface area contributed by atoms with Gasteiger partial charge in [0.05, 0.1) is 11.5 Å². The van der Waals surface area contributed by atoms with Gasteiger partial charge in [0.2, 0.25) is 0 Å². The molecule has 0 fully saturated rings. The molecule has 1 aliphatic rings. The molecule has 0 aromatic heterocycles. The van der Waals surface area contributed by atoms with Gasteiger partial charge >= 0.3 is 0 Å². The summed E-state index contributed by atoms with van der Waals surface area (Å²) < 4.78 is 0. The Kier molecular flexibility index (Phi) is 2.95. The van der Waals surface area contributed by atoms with Crippen LogP contribution in [-0.4, -0.2) is 28.7 Å². The van der Waals surface area contributed by atoms with E-state index in [2.05, 4.69) is 5.10 Å². The molecule has 4 heteroatoms. The molecule has 80 valence electrons. The number of nitrogens with two attached hydrogens (primary N) is 1. The Hall–Kier alpha value is -0.900. The van der Waals surface area contributed by atoms with Crippen LogP contribution in [0.15, 0.2) is 5.10 Å². The molecule has 0 aromatic carbocycles. The zero-order valence-electron chi connectivity index (χ0n) is 9.37. The number of hydrogen-bond acceptors (Lipinski definition) is 3. The average Bonchev–Trinajstić information content (AvgIpc) is 2.31. The van der Waals surface area contributed by atoms with E-state index in [0.717, 1.165) is 5.71 Å². The van der Waals surface area contributed by atoms with Gasteiger partial charge in [-0.2, -0.15) is 5.10 Å². The Labute approximate surface area is 85.1 Å². The smallest absolute Gasteiger partial charge is 0.252 e. The summed E-state index contributed by atoms with van der Waals surface area (Å²) in [4.78, 5) is 11.9. The maximum atomic E-state index is 11.9. The Morgan fingerprint density at radius 1 is 1.50 bits per heavy atom. The van der Waals surface area contributed by atoms with Gasteiger partial charge in [0.1, 0.15) is 0 Å². The van der Waals surface area contributed by atoms with Crippen LogP contribution in [0.4, 0.5) is 0 Å². The van der Waals surface area contributed by atoms with Crippen molar-refractivity contribution < 1.29 is 4.79 Å². The zero-order chi connectivity index (χ0) is 10.9. The summed E-state index contributed by atoms with van der Waals surface area (Å²) in [7, 11) is 0. The molecule has 1 amide bonds. The normalized spacial score (nSPS) is 22.9. The molecule has 4 nitrogen and oxygen atoms in total. The summed E-state index contributed by atoms with van der Waals surface area (Å²) >= 11 is 0.